The lowest BCUT2D eigenvalue weighted by Crippen LogP contribution is -2.33. The van der Waals surface area contributed by atoms with Gasteiger partial charge < -0.3 is 15.5 Å². The zero-order chi connectivity index (χ0) is 20.1. The molecule has 0 bridgehead atoms. The molecule has 1 amide bonds. The van der Waals surface area contributed by atoms with Gasteiger partial charge in [-0.25, -0.2) is 9.97 Å². The molecule has 2 aromatic rings. The van der Waals surface area contributed by atoms with Crippen LogP contribution in [0.15, 0.2) is 24.3 Å². The minimum atomic E-state index is -0.117. The normalized spacial score (nSPS) is 14.1. The van der Waals surface area contributed by atoms with Crippen molar-refractivity contribution in [2.24, 2.45) is 0 Å². The van der Waals surface area contributed by atoms with Crippen LogP contribution in [0.25, 0.3) is 0 Å². The lowest BCUT2D eigenvalue weighted by Gasteiger charge is -2.22. The molecule has 150 valence electrons. The minimum absolute atomic E-state index is 0.117. The zero-order valence-corrected chi connectivity index (χ0v) is 17.4. The summed E-state index contributed by atoms with van der Waals surface area (Å²) in [6.45, 7) is 10.2. The van der Waals surface area contributed by atoms with E-state index in [4.69, 9.17) is 0 Å². The fourth-order valence-electron chi connectivity index (χ4n) is 3.76. The number of carbonyl (C=O) groups is 1. The Kier molecular flexibility index (Phi) is 6.49. The van der Waals surface area contributed by atoms with E-state index in [1.165, 1.54) is 18.5 Å². The lowest BCUT2D eigenvalue weighted by atomic mass is 10.1. The van der Waals surface area contributed by atoms with E-state index in [1.54, 1.807) is 6.07 Å². The molecule has 3 rings (SSSR count). The Bertz CT molecular complexity index is 826. The molecule has 1 aromatic heterocycles. The van der Waals surface area contributed by atoms with Gasteiger partial charge >= 0.3 is 0 Å². The molecule has 6 nitrogen and oxygen atoms in total. The number of hydrogen-bond acceptors (Lipinski definition) is 5. The second-order valence-electron chi connectivity index (χ2n) is 7.47. The van der Waals surface area contributed by atoms with Gasteiger partial charge in [0.1, 0.15) is 5.69 Å². The molecular formula is C22H31N5O. The number of amides is 1. The quantitative estimate of drug-likeness (QED) is 0.746. The number of benzene rings is 1. The average Bonchev–Trinajstić information content (AvgIpc) is 3.17. The van der Waals surface area contributed by atoms with E-state index >= 15 is 0 Å². The van der Waals surface area contributed by atoms with E-state index in [9.17, 15) is 4.79 Å². The van der Waals surface area contributed by atoms with E-state index in [1.807, 2.05) is 13.0 Å². The first-order chi connectivity index (χ1) is 13.5. The fraction of sp³-hybridized carbons (Fsp3) is 0.500. The molecule has 0 atom stereocenters. The predicted molar refractivity (Wildman–Crippen MR) is 115 cm³/mol. The van der Waals surface area contributed by atoms with E-state index in [0.29, 0.717) is 11.6 Å². The third kappa shape index (κ3) is 4.80. The molecule has 1 heterocycles. The molecule has 1 aromatic carbocycles. The highest BCUT2D eigenvalue weighted by molar-refractivity contribution is 5.93. The van der Waals surface area contributed by atoms with Crippen molar-refractivity contribution in [3.05, 3.63) is 41.2 Å². The van der Waals surface area contributed by atoms with Gasteiger partial charge in [-0.15, -0.1) is 0 Å². The summed E-state index contributed by atoms with van der Waals surface area (Å²) < 4.78 is 0. The molecular weight excluding hydrogens is 350 g/mol. The summed E-state index contributed by atoms with van der Waals surface area (Å²) in [6.07, 6.45) is 4.48. The van der Waals surface area contributed by atoms with E-state index in [2.05, 4.69) is 58.4 Å². The van der Waals surface area contributed by atoms with Crippen molar-refractivity contribution in [1.82, 2.24) is 15.3 Å². The summed E-state index contributed by atoms with van der Waals surface area (Å²) in [6, 6.07) is 8.33. The topological polar surface area (TPSA) is 70.2 Å². The molecule has 1 aliphatic rings. The van der Waals surface area contributed by atoms with Gasteiger partial charge in [-0.2, -0.15) is 0 Å². The number of anilines is 3. The molecule has 1 fully saturated rings. The predicted octanol–water partition coefficient (Wildman–Crippen LogP) is 4.36. The zero-order valence-electron chi connectivity index (χ0n) is 17.4. The van der Waals surface area contributed by atoms with Gasteiger partial charge in [0.2, 0.25) is 5.95 Å². The molecule has 0 radical (unpaired) electrons. The van der Waals surface area contributed by atoms with Crippen LogP contribution >= 0.6 is 0 Å². The van der Waals surface area contributed by atoms with Crippen molar-refractivity contribution in [3.63, 3.8) is 0 Å². The fourth-order valence-corrected chi connectivity index (χ4v) is 3.76. The first kappa shape index (κ1) is 20.1. The van der Waals surface area contributed by atoms with Gasteiger partial charge in [0.25, 0.3) is 5.91 Å². The molecule has 28 heavy (non-hydrogen) atoms. The van der Waals surface area contributed by atoms with Gasteiger partial charge in [-0.3, -0.25) is 4.79 Å². The number of hydrogen-bond donors (Lipinski definition) is 2. The molecule has 6 heteroatoms. The van der Waals surface area contributed by atoms with Crippen LogP contribution in [0, 0.1) is 13.8 Å². The molecule has 0 unspecified atom stereocenters. The maximum absolute atomic E-state index is 12.6. The second kappa shape index (κ2) is 9.04. The number of aryl methyl sites for hydroxylation is 2. The highest BCUT2D eigenvalue weighted by Gasteiger charge is 2.19. The third-order valence-corrected chi connectivity index (χ3v) is 5.36. The summed E-state index contributed by atoms with van der Waals surface area (Å²) >= 11 is 0. The Morgan fingerprint density at radius 3 is 2.46 bits per heavy atom. The van der Waals surface area contributed by atoms with E-state index < -0.39 is 0 Å². The number of aromatic nitrogens is 2. The first-order valence-electron chi connectivity index (χ1n) is 10.3. The maximum atomic E-state index is 12.6. The lowest BCUT2D eigenvalue weighted by molar-refractivity contribution is 0.0932. The molecule has 0 saturated heterocycles. The van der Waals surface area contributed by atoms with Gasteiger partial charge in [0, 0.05) is 36.2 Å². The van der Waals surface area contributed by atoms with Gasteiger partial charge in [0.15, 0.2) is 0 Å². The number of carbonyl (C=O) groups excluding carboxylic acids is 1. The largest absolute Gasteiger partial charge is 0.372 e. The first-order valence-corrected chi connectivity index (χ1v) is 10.3. The average molecular weight is 382 g/mol. The summed E-state index contributed by atoms with van der Waals surface area (Å²) in [7, 11) is 0. The monoisotopic (exact) mass is 381 g/mol. The Balaban J connectivity index is 1.77. The molecule has 2 N–H and O–H groups in total. The van der Waals surface area contributed by atoms with Crippen LogP contribution in [-0.2, 0) is 0 Å². The molecule has 0 spiro atoms. The van der Waals surface area contributed by atoms with Crippen LogP contribution in [-0.4, -0.2) is 35.0 Å². The maximum Gasteiger partial charge on any atom is 0.270 e. The number of nitrogens with zero attached hydrogens (tertiary/aromatic N) is 3. The van der Waals surface area contributed by atoms with E-state index in [-0.39, 0.29) is 11.9 Å². The highest BCUT2D eigenvalue weighted by atomic mass is 16.1. The summed E-state index contributed by atoms with van der Waals surface area (Å²) in [4.78, 5) is 23.8. The Hall–Kier alpha value is -2.63. The van der Waals surface area contributed by atoms with Gasteiger partial charge in [-0.05, 0) is 70.4 Å². The minimum Gasteiger partial charge on any atom is -0.372 e. The van der Waals surface area contributed by atoms with Crippen LogP contribution in [0.2, 0.25) is 0 Å². The highest BCUT2D eigenvalue weighted by Crippen LogP contribution is 2.25. The van der Waals surface area contributed by atoms with Crippen molar-refractivity contribution in [2.45, 2.75) is 59.4 Å². The third-order valence-electron chi connectivity index (χ3n) is 5.36. The summed E-state index contributed by atoms with van der Waals surface area (Å²) in [5.41, 5.74) is 4.45. The molecule has 1 aliphatic carbocycles. The van der Waals surface area contributed by atoms with Crippen molar-refractivity contribution in [1.29, 1.82) is 0 Å². The van der Waals surface area contributed by atoms with Crippen LogP contribution in [0.1, 0.15) is 61.3 Å². The second-order valence-corrected chi connectivity index (χ2v) is 7.47. The van der Waals surface area contributed by atoms with Crippen LogP contribution in [0.5, 0.6) is 0 Å². The molecule has 0 aliphatic heterocycles. The van der Waals surface area contributed by atoms with Crippen molar-refractivity contribution < 1.29 is 4.79 Å². The van der Waals surface area contributed by atoms with Gasteiger partial charge in [0.05, 0.1) is 0 Å². The van der Waals surface area contributed by atoms with Crippen LogP contribution < -0.4 is 15.5 Å². The Morgan fingerprint density at radius 1 is 1.11 bits per heavy atom. The van der Waals surface area contributed by atoms with Crippen molar-refractivity contribution in [2.75, 3.05) is 23.3 Å². The van der Waals surface area contributed by atoms with Gasteiger partial charge in [-0.1, -0.05) is 12.8 Å². The van der Waals surface area contributed by atoms with Crippen LogP contribution in [0.4, 0.5) is 17.3 Å². The summed E-state index contributed by atoms with van der Waals surface area (Å²) in [5, 5.41) is 6.38. The Morgan fingerprint density at radius 2 is 1.82 bits per heavy atom. The van der Waals surface area contributed by atoms with Crippen LogP contribution in [0.3, 0.4) is 0 Å². The molecule has 1 saturated carbocycles. The Labute approximate surface area is 167 Å². The standard InChI is InChI=1S/C22H31N5O/c1-5-27(6-2)18-11-12-19(15(3)13-18)25-22-23-16(4)14-20(26-22)21(28)24-17-9-7-8-10-17/h11-14,17H,5-10H2,1-4H3,(H,24,28)(H,23,25,26). The number of nitrogens with one attached hydrogen (secondary N) is 2. The smallest absolute Gasteiger partial charge is 0.270 e. The van der Waals surface area contributed by atoms with Crippen molar-refractivity contribution >= 4 is 23.2 Å². The van der Waals surface area contributed by atoms with Crippen molar-refractivity contribution in [3.8, 4) is 0 Å². The van der Waals surface area contributed by atoms with E-state index in [0.717, 1.165) is 42.9 Å². The number of rotatable bonds is 7. The summed E-state index contributed by atoms with van der Waals surface area (Å²) in [5.74, 6) is 0.337. The SMILES string of the molecule is CCN(CC)c1ccc(Nc2nc(C)cc(C(=O)NC3CCCC3)n2)c(C)c1.